The maximum Gasteiger partial charge on any atom is 0.0610 e. The number of benzene rings is 1. The minimum atomic E-state index is 0.152. The zero-order valence-electron chi connectivity index (χ0n) is 9.47. The van der Waals surface area contributed by atoms with Crippen molar-refractivity contribution in [1.29, 1.82) is 0 Å². The molecular formula is C13H19Cl. The Morgan fingerprint density at radius 1 is 1.21 bits per heavy atom. The summed E-state index contributed by atoms with van der Waals surface area (Å²) >= 11 is 6.38. The Hall–Kier alpha value is -0.490. The molecule has 0 aliphatic carbocycles. The smallest absolute Gasteiger partial charge is 0.0610 e. The van der Waals surface area contributed by atoms with E-state index in [0.29, 0.717) is 5.92 Å². The van der Waals surface area contributed by atoms with Crippen molar-refractivity contribution in [2.24, 2.45) is 5.92 Å². The highest BCUT2D eigenvalue weighted by Gasteiger charge is 2.14. The summed E-state index contributed by atoms with van der Waals surface area (Å²) in [5.41, 5.74) is 3.92. The third-order valence-corrected chi connectivity index (χ3v) is 3.68. The molecule has 0 aliphatic rings. The number of rotatable bonds is 3. The van der Waals surface area contributed by atoms with Crippen LogP contribution < -0.4 is 0 Å². The fourth-order valence-corrected chi connectivity index (χ4v) is 1.79. The summed E-state index contributed by atoms with van der Waals surface area (Å²) in [6, 6.07) is 6.51. The first-order valence-electron chi connectivity index (χ1n) is 5.27. The largest absolute Gasteiger partial charge is 0.118 e. The van der Waals surface area contributed by atoms with Crippen molar-refractivity contribution in [3.05, 3.63) is 34.9 Å². The summed E-state index contributed by atoms with van der Waals surface area (Å²) in [5.74, 6) is 0.541. The summed E-state index contributed by atoms with van der Waals surface area (Å²) in [6.07, 6.45) is 1.13. The second-order valence-electron chi connectivity index (χ2n) is 4.13. The molecule has 0 saturated heterocycles. The predicted octanol–water partition coefficient (Wildman–Crippen LogP) is 4.63. The average molecular weight is 211 g/mol. The van der Waals surface area contributed by atoms with E-state index >= 15 is 0 Å². The van der Waals surface area contributed by atoms with Crippen LogP contribution in [0.3, 0.4) is 0 Å². The van der Waals surface area contributed by atoms with Gasteiger partial charge in [0.2, 0.25) is 0 Å². The third kappa shape index (κ3) is 2.51. The molecule has 1 heteroatoms. The zero-order chi connectivity index (χ0) is 10.7. The van der Waals surface area contributed by atoms with Gasteiger partial charge in [0.15, 0.2) is 0 Å². The van der Waals surface area contributed by atoms with E-state index in [4.69, 9.17) is 11.6 Å². The van der Waals surface area contributed by atoms with Gasteiger partial charge < -0.3 is 0 Å². The Kier molecular flexibility index (Phi) is 4.00. The van der Waals surface area contributed by atoms with Gasteiger partial charge in [-0.1, -0.05) is 38.5 Å². The topological polar surface area (TPSA) is 0 Å². The fraction of sp³-hybridized carbons (Fsp3) is 0.538. The van der Waals surface area contributed by atoms with Gasteiger partial charge >= 0.3 is 0 Å². The van der Waals surface area contributed by atoms with Crippen molar-refractivity contribution in [3.8, 4) is 0 Å². The summed E-state index contributed by atoms with van der Waals surface area (Å²) < 4.78 is 0. The molecular weight excluding hydrogens is 192 g/mol. The Morgan fingerprint density at radius 3 is 2.36 bits per heavy atom. The first-order valence-corrected chi connectivity index (χ1v) is 5.71. The van der Waals surface area contributed by atoms with Gasteiger partial charge in [-0.05, 0) is 36.5 Å². The second kappa shape index (κ2) is 4.84. The van der Waals surface area contributed by atoms with Crippen molar-refractivity contribution < 1.29 is 0 Å². The minimum Gasteiger partial charge on any atom is -0.118 e. The van der Waals surface area contributed by atoms with E-state index in [-0.39, 0.29) is 5.38 Å². The molecule has 1 aromatic carbocycles. The molecule has 0 amide bonds. The van der Waals surface area contributed by atoms with Crippen LogP contribution in [0.1, 0.15) is 42.3 Å². The van der Waals surface area contributed by atoms with Crippen LogP contribution in [0.15, 0.2) is 18.2 Å². The summed E-state index contributed by atoms with van der Waals surface area (Å²) in [7, 11) is 0. The van der Waals surface area contributed by atoms with Gasteiger partial charge in [0.05, 0.1) is 5.38 Å². The molecule has 0 spiro atoms. The molecule has 2 atom stereocenters. The average Bonchev–Trinajstić information content (AvgIpc) is 2.20. The lowest BCUT2D eigenvalue weighted by molar-refractivity contribution is 0.542. The molecule has 0 aromatic heterocycles. The number of alkyl halides is 1. The third-order valence-electron chi connectivity index (χ3n) is 2.99. The van der Waals surface area contributed by atoms with E-state index in [9.17, 15) is 0 Å². The van der Waals surface area contributed by atoms with Crippen molar-refractivity contribution in [2.75, 3.05) is 0 Å². The molecule has 0 N–H and O–H groups in total. The zero-order valence-corrected chi connectivity index (χ0v) is 10.2. The quantitative estimate of drug-likeness (QED) is 0.639. The highest BCUT2D eigenvalue weighted by atomic mass is 35.5. The Bertz CT molecular complexity index is 304. The summed E-state index contributed by atoms with van der Waals surface area (Å²) in [4.78, 5) is 0. The molecule has 0 fully saturated rings. The van der Waals surface area contributed by atoms with Crippen LogP contribution in [-0.4, -0.2) is 0 Å². The van der Waals surface area contributed by atoms with Gasteiger partial charge in [-0.2, -0.15) is 0 Å². The van der Waals surface area contributed by atoms with Crippen LogP contribution in [0.25, 0.3) is 0 Å². The van der Waals surface area contributed by atoms with Gasteiger partial charge in [0.25, 0.3) is 0 Å². The molecule has 0 bridgehead atoms. The van der Waals surface area contributed by atoms with E-state index in [1.807, 2.05) is 0 Å². The van der Waals surface area contributed by atoms with E-state index in [2.05, 4.69) is 45.9 Å². The van der Waals surface area contributed by atoms with E-state index in [1.54, 1.807) is 0 Å². The van der Waals surface area contributed by atoms with Crippen molar-refractivity contribution in [1.82, 2.24) is 0 Å². The Morgan fingerprint density at radius 2 is 1.86 bits per heavy atom. The summed E-state index contributed by atoms with van der Waals surface area (Å²) in [6.45, 7) is 8.65. The summed E-state index contributed by atoms with van der Waals surface area (Å²) in [5, 5.41) is 0.152. The van der Waals surface area contributed by atoms with Gasteiger partial charge in [-0.15, -0.1) is 11.6 Å². The Labute approximate surface area is 92.3 Å². The van der Waals surface area contributed by atoms with Crippen molar-refractivity contribution in [2.45, 2.75) is 39.5 Å². The number of aryl methyl sites for hydroxylation is 2. The van der Waals surface area contributed by atoms with Crippen LogP contribution in [0.5, 0.6) is 0 Å². The number of hydrogen-bond donors (Lipinski definition) is 0. The van der Waals surface area contributed by atoms with Crippen LogP contribution in [0.2, 0.25) is 0 Å². The lowest BCUT2D eigenvalue weighted by Crippen LogP contribution is -2.03. The normalized spacial score (nSPS) is 15.2. The molecule has 0 radical (unpaired) electrons. The highest BCUT2D eigenvalue weighted by molar-refractivity contribution is 6.21. The molecule has 1 aromatic rings. The van der Waals surface area contributed by atoms with E-state index in [1.165, 1.54) is 16.7 Å². The fourth-order valence-electron chi connectivity index (χ4n) is 1.47. The van der Waals surface area contributed by atoms with Crippen molar-refractivity contribution >= 4 is 11.6 Å². The lowest BCUT2D eigenvalue weighted by atomic mass is 9.96. The number of hydrogen-bond acceptors (Lipinski definition) is 0. The van der Waals surface area contributed by atoms with Gasteiger partial charge in [0, 0.05) is 0 Å². The first-order chi connectivity index (χ1) is 6.56. The van der Waals surface area contributed by atoms with Crippen LogP contribution in [0, 0.1) is 19.8 Å². The first kappa shape index (κ1) is 11.6. The SMILES string of the molecule is CCC(C)C(Cl)c1ccc(C)c(C)c1. The molecule has 0 saturated carbocycles. The number of halogens is 1. The maximum atomic E-state index is 6.38. The molecule has 0 heterocycles. The predicted molar refractivity (Wildman–Crippen MR) is 64.0 cm³/mol. The molecule has 14 heavy (non-hydrogen) atoms. The van der Waals surface area contributed by atoms with Gasteiger partial charge in [0.1, 0.15) is 0 Å². The molecule has 2 unspecified atom stereocenters. The van der Waals surface area contributed by atoms with Gasteiger partial charge in [-0.25, -0.2) is 0 Å². The lowest BCUT2D eigenvalue weighted by Gasteiger charge is -2.17. The highest BCUT2D eigenvalue weighted by Crippen LogP contribution is 2.31. The van der Waals surface area contributed by atoms with Crippen LogP contribution in [0.4, 0.5) is 0 Å². The minimum absolute atomic E-state index is 0.152. The maximum absolute atomic E-state index is 6.38. The molecule has 0 nitrogen and oxygen atoms in total. The van der Waals surface area contributed by atoms with Crippen molar-refractivity contribution in [3.63, 3.8) is 0 Å². The standard InChI is InChI=1S/C13H19Cl/c1-5-9(2)13(14)12-7-6-10(3)11(4)8-12/h6-9,13H,5H2,1-4H3. The van der Waals surface area contributed by atoms with Gasteiger partial charge in [-0.3, -0.25) is 0 Å². The monoisotopic (exact) mass is 210 g/mol. The Balaban J connectivity index is 2.91. The molecule has 1 rings (SSSR count). The molecule has 0 aliphatic heterocycles. The van der Waals surface area contributed by atoms with Crippen LogP contribution >= 0.6 is 11.6 Å². The second-order valence-corrected chi connectivity index (χ2v) is 4.60. The van der Waals surface area contributed by atoms with E-state index < -0.39 is 0 Å². The van der Waals surface area contributed by atoms with E-state index in [0.717, 1.165) is 6.42 Å². The van der Waals surface area contributed by atoms with Crippen LogP contribution in [-0.2, 0) is 0 Å². The molecule has 78 valence electrons.